The van der Waals surface area contributed by atoms with Gasteiger partial charge in [0.1, 0.15) is 0 Å². The Morgan fingerprint density at radius 1 is 1.25 bits per heavy atom. The summed E-state index contributed by atoms with van der Waals surface area (Å²) in [5.41, 5.74) is 2.17. The van der Waals surface area contributed by atoms with E-state index in [1.807, 2.05) is 6.07 Å². The van der Waals surface area contributed by atoms with E-state index in [0.717, 1.165) is 11.1 Å². The molecule has 3 heteroatoms. The highest BCUT2D eigenvalue weighted by molar-refractivity contribution is 5.43. The zero-order chi connectivity index (χ0) is 11.5. The van der Waals surface area contributed by atoms with Gasteiger partial charge in [0.2, 0.25) is 0 Å². The number of rotatable bonds is 2. The Hall–Kier alpha value is -1.38. The topological polar surface area (TPSA) is 43.1 Å². The van der Waals surface area contributed by atoms with Crippen LogP contribution in [0.4, 0.5) is 5.69 Å². The highest BCUT2D eigenvalue weighted by Gasteiger charge is 2.19. The van der Waals surface area contributed by atoms with Gasteiger partial charge in [-0.15, -0.1) is 0 Å². The zero-order valence-corrected chi connectivity index (χ0v) is 9.61. The molecule has 0 saturated heterocycles. The van der Waals surface area contributed by atoms with Crippen molar-refractivity contribution in [1.29, 1.82) is 0 Å². The van der Waals surface area contributed by atoms with Gasteiger partial charge < -0.3 is 0 Å². The van der Waals surface area contributed by atoms with E-state index in [-0.39, 0.29) is 10.6 Å². The number of hydrogen-bond donors (Lipinski definition) is 0. The molecule has 1 aliphatic rings. The van der Waals surface area contributed by atoms with Gasteiger partial charge in [0, 0.05) is 11.6 Å². The third-order valence-electron chi connectivity index (χ3n) is 3.51. The molecule has 1 fully saturated rings. The fourth-order valence-electron chi connectivity index (χ4n) is 2.51. The Bertz CT molecular complexity index is 395. The van der Waals surface area contributed by atoms with Crippen LogP contribution in [0.5, 0.6) is 0 Å². The molecule has 0 radical (unpaired) electrons. The van der Waals surface area contributed by atoms with Gasteiger partial charge in [0.05, 0.1) is 4.92 Å². The lowest BCUT2D eigenvalue weighted by Crippen LogP contribution is -2.05. The van der Waals surface area contributed by atoms with Crippen LogP contribution in [0.2, 0.25) is 0 Å². The first-order chi connectivity index (χ1) is 7.68. The van der Waals surface area contributed by atoms with Gasteiger partial charge in [-0.2, -0.15) is 0 Å². The van der Waals surface area contributed by atoms with Crippen LogP contribution in [0.15, 0.2) is 18.2 Å². The van der Waals surface area contributed by atoms with Gasteiger partial charge in [-0.05, 0) is 31.2 Å². The lowest BCUT2D eigenvalue weighted by molar-refractivity contribution is -0.385. The first-order valence-electron chi connectivity index (χ1n) is 5.93. The molecule has 3 nitrogen and oxygen atoms in total. The van der Waals surface area contributed by atoms with Crippen LogP contribution < -0.4 is 0 Å². The molecule has 0 spiro atoms. The predicted octanol–water partition coefficient (Wildman–Crippen LogP) is 3.95. The van der Waals surface area contributed by atoms with Crippen molar-refractivity contribution in [3.8, 4) is 0 Å². The van der Waals surface area contributed by atoms with Crippen LogP contribution in [-0.4, -0.2) is 4.92 Å². The molecule has 0 bridgehead atoms. The van der Waals surface area contributed by atoms with Gasteiger partial charge in [0.25, 0.3) is 5.69 Å². The van der Waals surface area contributed by atoms with Gasteiger partial charge in [0.15, 0.2) is 0 Å². The van der Waals surface area contributed by atoms with E-state index in [0.29, 0.717) is 5.92 Å². The van der Waals surface area contributed by atoms with E-state index in [9.17, 15) is 10.1 Å². The van der Waals surface area contributed by atoms with Crippen molar-refractivity contribution in [3.63, 3.8) is 0 Å². The lowest BCUT2D eigenvalue weighted by atomic mass is 9.84. The van der Waals surface area contributed by atoms with E-state index in [4.69, 9.17) is 0 Å². The molecule has 0 unspecified atom stereocenters. The zero-order valence-electron chi connectivity index (χ0n) is 9.61. The molecule has 16 heavy (non-hydrogen) atoms. The molecule has 0 aliphatic heterocycles. The highest BCUT2D eigenvalue weighted by Crippen LogP contribution is 2.34. The van der Waals surface area contributed by atoms with Gasteiger partial charge >= 0.3 is 0 Å². The Balaban J connectivity index is 2.27. The second-order valence-corrected chi connectivity index (χ2v) is 4.64. The smallest absolute Gasteiger partial charge is 0.258 e. The summed E-state index contributed by atoms with van der Waals surface area (Å²) < 4.78 is 0. The van der Waals surface area contributed by atoms with Crippen molar-refractivity contribution in [1.82, 2.24) is 0 Å². The maximum Gasteiger partial charge on any atom is 0.272 e. The van der Waals surface area contributed by atoms with Gasteiger partial charge in [-0.25, -0.2) is 0 Å². The Morgan fingerprint density at radius 3 is 2.56 bits per heavy atom. The third kappa shape index (κ3) is 2.23. The molecule has 0 amide bonds. The van der Waals surface area contributed by atoms with Crippen LogP contribution in [0, 0.1) is 17.0 Å². The van der Waals surface area contributed by atoms with Crippen molar-refractivity contribution in [2.75, 3.05) is 0 Å². The van der Waals surface area contributed by atoms with Crippen LogP contribution in [0.1, 0.15) is 49.1 Å². The molecule has 86 valence electrons. The van der Waals surface area contributed by atoms with E-state index in [1.54, 1.807) is 13.0 Å². The molecule has 0 atom stereocenters. The molecular formula is C13H17NO2. The van der Waals surface area contributed by atoms with Crippen LogP contribution in [-0.2, 0) is 0 Å². The average molecular weight is 219 g/mol. The van der Waals surface area contributed by atoms with Crippen LogP contribution in [0.25, 0.3) is 0 Å². The van der Waals surface area contributed by atoms with Crippen LogP contribution >= 0.6 is 0 Å². The maximum absolute atomic E-state index is 10.9. The highest BCUT2D eigenvalue weighted by atomic mass is 16.6. The monoisotopic (exact) mass is 219 g/mol. The summed E-state index contributed by atoms with van der Waals surface area (Å²) in [6.07, 6.45) is 6.18. The van der Waals surface area contributed by atoms with E-state index < -0.39 is 0 Å². The Labute approximate surface area is 95.6 Å². The number of nitro benzene ring substituents is 1. The predicted molar refractivity (Wildman–Crippen MR) is 63.7 cm³/mol. The molecule has 1 aromatic carbocycles. The molecular weight excluding hydrogens is 202 g/mol. The van der Waals surface area contributed by atoms with E-state index in [1.165, 1.54) is 32.1 Å². The summed E-state index contributed by atoms with van der Waals surface area (Å²) in [6.45, 7) is 1.79. The molecule has 1 aliphatic carbocycles. The second kappa shape index (κ2) is 4.64. The van der Waals surface area contributed by atoms with E-state index >= 15 is 0 Å². The minimum absolute atomic E-state index is 0.267. The number of aryl methyl sites for hydroxylation is 1. The first-order valence-corrected chi connectivity index (χ1v) is 5.93. The van der Waals surface area contributed by atoms with Crippen molar-refractivity contribution in [3.05, 3.63) is 39.4 Å². The summed E-state index contributed by atoms with van der Waals surface area (Å²) >= 11 is 0. The van der Waals surface area contributed by atoms with E-state index in [2.05, 4.69) is 6.07 Å². The van der Waals surface area contributed by atoms with Crippen molar-refractivity contribution < 1.29 is 4.92 Å². The number of nitrogens with zero attached hydrogens (tertiary/aromatic N) is 1. The number of hydrogen-bond acceptors (Lipinski definition) is 2. The van der Waals surface area contributed by atoms with Crippen LogP contribution in [0.3, 0.4) is 0 Å². The number of benzene rings is 1. The fourth-order valence-corrected chi connectivity index (χ4v) is 2.51. The van der Waals surface area contributed by atoms with Gasteiger partial charge in [-0.3, -0.25) is 10.1 Å². The molecule has 0 heterocycles. The molecule has 1 saturated carbocycles. The minimum Gasteiger partial charge on any atom is -0.258 e. The summed E-state index contributed by atoms with van der Waals surface area (Å²) in [4.78, 5) is 10.6. The van der Waals surface area contributed by atoms with Crippen molar-refractivity contribution >= 4 is 5.69 Å². The SMILES string of the molecule is Cc1ccc(C2CCCCC2)cc1[N+](=O)[O-]. The maximum atomic E-state index is 10.9. The fraction of sp³-hybridized carbons (Fsp3) is 0.538. The standard InChI is InChI=1S/C13H17NO2/c1-10-7-8-12(9-13(10)14(15)16)11-5-3-2-4-6-11/h7-9,11H,2-6H2,1H3. The molecule has 0 aromatic heterocycles. The summed E-state index contributed by atoms with van der Waals surface area (Å²) in [5, 5.41) is 10.9. The summed E-state index contributed by atoms with van der Waals surface area (Å²) in [5.74, 6) is 0.535. The Kier molecular flexibility index (Phi) is 3.22. The van der Waals surface area contributed by atoms with Gasteiger partial charge in [-0.1, -0.05) is 31.4 Å². The molecule has 1 aromatic rings. The number of nitro groups is 1. The largest absolute Gasteiger partial charge is 0.272 e. The van der Waals surface area contributed by atoms with Crippen molar-refractivity contribution in [2.24, 2.45) is 0 Å². The Morgan fingerprint density at radius 2 is 1.94 bits per heavy atom. The molecule has 2 rings (SSSR count). The van der Waals surface area contributed by atoms with Crippen molar-refractivity contribution in [2.45, 2.75) is 44.9 Å². The quantitative estimate of drug-likeness (QED) is 0.558. The lowest BCUT2D eigenvalue weighted by Gasteiger charge is -2.21. The average Bonchev–Trinajstić information content (AvgIpc) is 2.30. The summed E-state index contributed by atoms with van der Waals surface area (Å²) in [6, 6.07) is 5.70. The summed E-state index contributed by atoms with van der Waals surface area (Å²) in [7, 11) is 0. The third-order valence-corrected chi connectivity index (χ3v) is 3.51. The minimum atomic E-state index is -0.276. The second-order valence-electron chi connectivity index (χ2n) is 4.64. The normalized spacial score (nSPS) is 17.3. The first kappa shape index (κ1) is 11.1. The molecule has 0 N–H and O–H groups in total.